The van der Waals surface area contributed by atoms with Gasteiger partial charge < -0.3 is 5.32 Å². The predicted molar refractivity (Wildman–Crippen MR) is 292 cm³/mol. The lowest BCUT2D eigenvalue weighted by molar-refractivity contribution is -0.115. The van der Waals surface area contributed by atoms with E-state index in [9.17, 15) is 4.79 Å². The Morgan fingerprint density at radius 1 is 1.07 bits per heavy atom. The van der Waals surface area contributed by atoms with Crippen LogP contribution in [0.15, 0.2) is 6.07 Å². The van der Waals surface area contributed by atoms with Crippen molar-refractivity contribution in [3.63, 3.8) is 0 Å². The van der Waals surface area contributed by atoms with E-state index in [0.29, 0.717) is 24.4 Å². The van der Waals surface area contributed by atoms with Gasteiger partial charge in [-0.25, -0.2) is 0 Å². The lowest BCUT2D eigenvalue weighted by Gasteiger charge is -2.37. The molecule has 0 radical (unpaired) electrons. The van der Waals surface area contributed by atoms with Crippen molar-refractivity contribution < 1.29 is 123 Å². The standard InChI is InChI=1S/C24H40N2O.83H2/c1-15(2)9-10-26(18(6)11-16(3)4)19(7)13-21-20(8)17(5)12-23-22(21)14-24(27)25-23;;;;;;;;;;;;;;;;;;;;;;;;;;;;;;;;;;;;;;;;;;;;;;;;;;;;;;;;;;;;;;;;;;;;;;;;;;;;;;;;;;;/h12,15-16,18-19H,9-11,13-14H2,1-8H3,(H,25,27);83*1H. The van der Waals surface area contributed by atoms with Crippen molar-refractivity contribution in [2.24, 2.45) is 11.8 Å². The number of anilines is 1. The fourth-order valence-corrected chi connectivity index (χ4v) is 4.50. The third kappa shape index (κ3) is 5.57. The Bertz CT molecular complexity index is 751. The van der Waals surface area contributed by atoms with Crippen molar-refractivity contribution in [2.75, 3.05) is 11.9 Å². The van der Waals surface area contributed by atoms with Crippen LogP contribution in [0.3, 0.4) is 0 Å². The minimum absolute atomic E-state index is 0. The molecule has 1 aliphatic rings. The van der Waals surface area contributed by atoms with Crippen LogP contribution in [0.1, 0.15) is 195 Å². The van der Waals surface area contributed by atoms with Crippen LogP contribution in [-0.2, 0) is 17.6 Å². The Hall–Kier alpha value is -1.35. The van der Waals surface area contributed by atoms with E-state index in [-0.39, 0.29) is 124 Å². The first-order valence-electron chi connectivity index (χ1n) is 10.8. The predicted octanol–water partition coefficient (Wildman–Crippen LogP) is 25.9. The number of nitrogens with zero attached hydrogens (tertiary/aromatic N) is 1. The molecule has 1 aliphatic heterocycles. The third-order valence-corrected chi connectivity index (χ3v) is 6.11. The average Bonchev–Trinajstić information content (AvgIpc) is 2.90. The highest BCUT2D eigenvalue weighted by Gasteiger charge is 2.27. The molecule has 0 aliphatic carbocycles. The van der Waals surface area contributed by atoms with Gasteiger partial charge in [-0.1, -0.05) is 27.7 Å². The zero-order valence-corrected chi connectivity index (χ0v) is 18.8. The first-order valence-corrected chi connectivity index (χ1v) is 10.8. The van der Waals surface area contributed by atoms with Crippen LogP contribution >= 0.6 is 0 Å². The minimum Gasteiger partial charge on any atom is -0.326 e. The summed E-state index contributed by atoms with van der Waals surface area (Å²) in [6.07, 6.45) is 4.02. The molecule has 2 unspecified atom stereocenters. The Morgan fingerprint density at radius 3 is 2.33 bits per heavy atom. The Balaban J connectivity index is -0.00000000118. The average molecular weight is 540 g/mol. The largest absolute Gasteiger partial charge is 0.326 e. The number of carbonyl (C=O) groups excluding carboxylic acids is 1. The number of benzene rings is 1. The summed E-state index contributed by atoms with van der Waals surface area (Å²) in [5.74, 6) is 1.56. The lowest BCUT2D eigenvalue weighted by atomic mass is 9.90. The van der Waals surface area contributed by atoms with E-state index in [1.807, 2.05) is 0 Å². The molecule has 2 rings (SSSR count). The van der Waals surface area contributed by atoms with Crippen molar-refractivity contribution in [3.05, 3.63) is 28.3 Å². The summed E-state index contributed by atoms with van der Waals surface area (Å²) in [6, 6.07) is 3.19. The number of nitrogens with one attached hydrogen (secondary N) is 1. The van der Waals surface area contributed by atoms with E-state index in [1.165, 1.54) is 35.1 Å². The van der Waals surface area contributed by atoms with Gasteiger partial charge in [0, 0.05) is 136 Å². The van der Waals surface area contributed by atoms with Gasteiger partial charge in [0.25, 0.3) is 0 Å². The van der Waals surface area contributed by atoms with Crippen molar-refractivity contribution in [2.45, 2.75) is 93.2 Å². The summed E-state index contributed by atoms with van der Waals surface area (Å²) in [4.78, 5) is 14.7. The molecule has 0 saturated heterocycles. The molecule has 2 atom stereocenters. The van der Waals surface area contributed by atoms with Crippen molar-refractivity contribution in [1.82, 2.24) is 4.90 Å². The van der Waals surface area contributed by atoms with Gasteiger partial charge in [0.05, 0.1) is 6.42 Å². The highest BCUT2D eigenvalue weighted by Crippen LogP contribution is 2.33. The smallest absolute Gasteiger partial charge is 0.228 e. The van der Waals surface area contributed by atoms with Crippen LogP contribution < -0.4 is 5.32 Å². The van der Waals surface area contributed by atoms with Gasteiger partial charge in [-0.3, -0.25) is 9.69 Å². The first kappa shape index (κ1) is 21.9. The van der Waals surface area contributed by atoms with Crippen molar-refractivity contribution in [3.8, 4) is 0 Å². The minimum atomic E-state index is 0. The van der Waals surface area contributed by atoms with Gasteiger partial charge in [0.1, 0.15) is 0 Å². The maximum absolute atomic E-state index is 12.0. The van der Waals surface area contributed by atoms with Gasteiger partial charge in [0.2, 0.25) is 5.91 Å². The summed E-state index contributed by atoms with van der Waals surface area (Å²) in [5, 5.41) is 3.04. The summed E-state index contributed by atoms with van der Waals surface area (Å²) in [7, 11) is 0. The highest BCUT2D eigenvalue weighted by atomic mass is 16.1. The van der Waals surface area contributed by atoms with Gasteiger partial charge in [-0.05, 0) is 93.7 Å². The normalized spacial score (nSPS) is 16.2. The Kier molecular flexibility index (Phi) is 7.50. The van der Waals surface area contributed by atoms with E-state index in [2.05, 4.69) is 71.7 Å². The van der Waals surface area contributed by atoms with Crippen LogP contribution in [0.25, 0.3) is 0 Å². The van der Waals surface area contributed by atoms with Crippen LogP contribution in [0.2, 0.25) is 0 Å². The molecule has 318 valence electrons. The van der Waals surface area contributed by atoms with Gasteiger partial charge in [0.15, 0.2) is 0 Å². The number of aryl methyl sites for hydroxylation is 1. The molecule has 3 nitrogen and oxygen atoms in total. The molecular weight excluding hydrogens is 332 g/mol. The molecule has 1 aromatic carbocycles. The van der Waals surface area contributed by atoms with E-state index >= 15 is 0 Å². The summed E-state index contributed by atoms with van der Waals surface area (Å²) < 4.78 is 0. The molecule has 1 heterocycles. The highest BCUT2D eigenvalue weighted by molar-refractivity contribution is 6.00. The monoisotopic (exact) mass is 540 g/mol. The molecule has 0 bridgehead atoms. The molecule has 27 heavy (non-hydrogen) atoms. The number of rotatable bonds is 9. The summed E-state index contributed by atoms with van der Waals surface area (Å²) in [5.41, 5.74) is 6.30. The molecule has 0 aromatic heterocycles. The van der Waals surface area contributed by atoms with Gasteiger partial charge in [-0.2, -0.15) is 0 Å². The second-order valence-corrected chi connectivity index (χ2v) is 9.50. The summed E-state index contributed by atoms with van der Waals surface area (Å²) >= 11 is 0. The van der Waals surface area contributed by atoms with Crippen LogP contribution in [0.4, 0.5) is 5.69 Å². The van der Waals surface area contributed by atoms with Crippen LogP contribution in [0, 0.1) is 25.7 Å². The van der Waals surface area contributed by atoms with E-state index in [1.54, 1.807) is 0 Å². The maximum Gasteiger partial charge on any atom is 0.228 e. The molecule has 3 heteroatoms. The molecule has 0 spiro atoms. The van der Waals surface area contributed by atoms with E-state index in [0.717, 1.165) is 24.6 Å². The second kappa shape index (κ2) is 9.23. The van der Waals surface area contributed by atoms with E-state index in [4.69, 9.17) is 0 Å². The van der Waals surface area contributed by atoms with Gasteiger partial charge >= 0.3 is 0 Å². The topological polar surface area (TPSA) is 32.3 Å². The number of hydrogen-bond acceptors (Lipinski definition) is 2. The molecule has 1 aromatic rings. The van der Waals surface area contributed by atoms with Crippen LogP contribution in [-0.4, -0.2) is 29.4 Å². The van der Waals surface area contributed by atoms with Gasteiger partial charge in [-0.15, -0.1) is 0 Å². The molecular formula is C24H206N2O. The zero-order chi connectivity index (χ0) is 20.3. The van der Waals surface area contributed by atoms with Crippen molar-refractivity contribution in [1.29, 1.82) is 0 Å². The quantitative estimate of drug-likeness (QED) is 0.338. The lowest BCUT2D eigenvalue weighted by Crippen LogP contribution is -2.43. The van der Waals surface area contributed by atoms with Crippen LogP contribution in [0.5, 0.6) is 0 Å². The fraction of sp³-hybridized carbons (Fsp3) is 0.708. The molecule has 1 amide bonds. The first-order chi connectivity index (χ1) is 12.6. The SMILES string of the molecule is Cc1cc2c(c(CC(C)N(CCC(C)C)C(C)CC(C)C)c1C)CC(=O)N2.[HH].[HH].[HH].[HH].[HH].[HH].[HH].[HH].[HH].[HH].[HH].[HH].[HH].[HH].[HH].[HH].[HH].[HH].[HH].[HH].[HH].[HH].[HH].[HH].[HH].[HH].[HH].[HH].[HH].[HH].[HH].[HH].[HH].[HH].[HH].[HH].[HH].[HH].[HH].[HH].[HH].[HH].[HH].[HH].[HH].[HH].[HH].[HH].[HH].[HH].[HH].[HH].[HH].[HH].[HH].[HH].[HH].[HH].[HH].[HH].[HH].[HH].[HH].[HH].[HH].[HH].[HH].[HH].[HH].[HH].[HH].[HH].[HH].[HH].[HH].[HH].[HH].[HH].[HH].[HH].[HH].[HH].[HH]. The maximum atomic E-state index is 12.0. The molecule has 0 fully saturated rings. The molecule has 0 saturated carbocycles. The zero-order valence-electron chi connectivity index (χ0n) is 18.8. The summed E-state index contributed by atoms with van der Waals surface area (Å²) in [6.45, 7) is 19.5. The fourth-order valence-electron chi connectivity index (χ4n) is 4.50. The second-order valence-electron chi connectivity index (χ2n) is 9.50. The number of carbonyl (C=O) groups is 1. The number of amides is 1. The van der Waals surface area contributed by atoms with Crippen molar-refractivity contribution >= 4 is 11.6 Å². The Morgan fingerprint density at radius 2 is 1.74 bits per heavy atom. The third-order valence-electron chi connectivity index (χ3n) is 6.11. The number of hydrogen-bond donors (Lipinski definition) is 1. The number of fused-ring (bicyclic) bond motifs is 1. The van der Waals surface area contributed by atoms with E-state index < -0.39 is 0 Å². The Labute approximate surface area is 290 Å². The molecule has 1 N–H and O–H groups in total.